The Hall–Kier alpha value is -1.16. The molecule has 54 heavy (non-hydrogen) atoms. The zero-order valence-electron chi connectivity index (χ0n) is 33.8. The number of ether oxygens (including phenoxy) is 4. The lowest BCUT2D eigenvalue weighted by atomic mass is 9.99. The van der Waals surface area contributed by atoms with Gasteiger partial charge in [-0.3, -0.25) is 9.35 Å². The molecule has 6 atom stereocenters. The van der Waals surface area contributed by atoms with Crippen LogP contribution in [0.25, 0.3) is 0 Å². The summed E-state index contributed by atoms with van der Waals surface area (Å²) >= 11 is 0. The fourth-order valence-electron chi connectivity index (χ4n) is 6.61. The van der Waals surface area contributed by atoms with E-state index in [4.69, 9.17) is 23.5 Å². The average Bonchev–Trinajstić information content (AvgIpc) is 3.14. The Morgan fingerprint density at radius 1 is 0.685 bits per heavy atom. The van der Waals surface area contributed by atoms with E-state index < -0.39 is 59.8 Å². The van der Waals surface area contributed by atoms with Gasteiger partial charge in [0.15, 0.2) is 6.29 Å². The van der Waals surface area contributed by atoms with Crippen molar-refractivity contribution in [1.82, 2.24) is 0 Å². The van der Waals surface area contributed by atoms with E-state index in [0.717, 1.165) is 57.8 Å². The maximum atomic E-state index is 12.8. The van der Waals surface area contributed by atoms with Crippen LogP contribution in [0.3, 0.4) is 0 Å². The van der Waals surface area contributed by atoms with Crippen LogP contribution in [-0.2, 0) is 38.3 Å². The fourth-order valence-corrected chi connectivity index (χ4v) is 7.12. The number of esters is 1. The molecular formula is C41H78O12S. The van der Waals surface area contributed by atoms with E-state index in [2.05, 4.69) is 30.2 Å². The predicted octanol–water partition coefficient (Wildman–Crippen LogP) is 8.30. The molecule has 0 aromatic rings. The summed E-state index contributed by atoms with van der Waals surface area (Å²) in [5.41, 5.74) is 0. The molecule has 6 unspecified atom stereocenters. The van der Waals surface area contributed by atoms with Crippen molar-refractivity contribution in [2.45, 2.75) is 218 Å². The van der Waals surface area contributed by atoms with Gasteiger partial charge in [-0.05, 0) is 38.5 Å². The number of aliphatic hydroxyl groups excluding tert-OH is 3. The summed E-state index contributed by atoms with van der Waals surface area (Å²) in [5, 5.41) is 30.6. The molecule has 0 spiro atoms. The van der Waals surface area contributed by atoms with Crippen LogP contribution >= 0.6 is 0 Å². The first-order valence-electron chi connectivity index (χ1n) is 21.4. The molecule has 0 radical (unpaired) electrons. The van der Waals surface area contributed by atoms with E-state index in [1.54, 1.807) is 0 Å². The van der Waals surface area contributed by atoms with Gasteiger partial charge in [0.25, 0.3) is 0 Å². The third-order valence-corrected chi connectivity index (χ3v) is 10.4. The highest BCUT2D eigenvalue weighted by Crippen LogP contribution is 2.26. The summed E-state index contributed by atoms with van der Waals surface area (Å²) in [4.78, 5) is 12.8. The SMILES string of the molecule is CCCCCCC/C=C\CCCCCCCC(=O)OC(COCCCCCCCCCCCCCCC)COC1OC(CO)C(O)C(OS(=O)(=O)O)C1O. The van der Waals surface area contributed by atoms with E-state index in [-0.39, 0.29) is 19.6 Å². The van der Waals surface area contributed by atoms with Crippen LogP contribution in [-0.4, -0.2) is 97.5 Å². The van der Waals surface area contributed by atoms with Gasteiger partial charge in [0.2, 0.25) is 0 Å². The summed E-state index contributed by atoms with van der Waals surface area (Å²) in [7, 11) is -5.06. The Bertz CT molecular complexity index is 1010. The number of allylic oxidation sites excluding steroid dienone is 2. The second-order valence-corrected chi connectivity index (χ2v) is 16.0. The molecule has 12 nitrogen and oxygen atoms in total. The number of hydrogen-bond donors (Lipinski definition) is 4. The molecule has 0 aromatic carbocycles. The summed E-state index contributed by atoms with van der Waals surface area (Å²) in [6.45, 7) is 3.98. The zero-order chi connectivity index (χ0) is 39.7. The minimum atomic E-state index is -5.06. The quantitative estimate of drug-likeness (QED) is 0.0205. The average molecular weight is 795 g/mol. The molecule has 0 aromatic heterocycles. The van der Waals surface area contributed by atoms with Crippen LogP contribution in [0.4, 0.5) is 0 Å². The third kappa shape index (κ3) is 27.4. The molecule has 1 heterocycles. The van der Waals surface area contributed by atoms with Gasteiger partial charge in [0, 0.05) is 13.0 Å². The van der Waals surface area contributed by atoms with E-state index in [1.807, 2.05) is 0 Å². The molecule has 1 saturated heterocycles. The maximum Gasteiger partial charge on any atom is 0.397 e. The monoisotopic (exact) mass is 795 g/mol. The van der Waals surface area contributed by atoms with Crippen LogP contribution in [0, 0.1) is 0 Å². The van der Waals surface area contributed by atoms with Gasteiger partial charge in [-0.2, -0.15) is 8.42 Å². The molecule has 0 amide bonds. The Balaban J connectivity index is 2.46. The minimum Gasteiger partial charge on any atom is -0.457 e. The largest absolute Gasteiger partial charge is 0.457 e. The molecule has 1 rings (SSSR count). The van der Waals surface area contributed by atoms with Gasteiger partial charge >= 0.3 is 16.4 Å². The van der Waals surface area contributed by atoms with Crippen molar-refractivity contribution in [3.63, 3.8) is 0 Å². The highest BCUT2D eigenvalue weighted by molar-refractivity contribution is 7.80. The number of aliphatic hydroxyl groups is 3. The molecule has 1 aliphatic heterocycles. The number of unbranched alkanes of at least 4 members (excludes halogenated alkanes) is 22. The first-order chi connectivity index (χ1) is 26.1. The van der Waals surface area contributed by atoms with Crippen LogP contribution in [0.1, 0.15) is 181 Å². The van der Waals surface area contributed by atoms with Crippen molar-refractivity contribution in [3.8, 4) is 0 Å². The van der Waals surface area contributed by atoms with Crippen molar-refractivity contribution in [2.24, 2.45) is 0 Å². The van der Waals surface area contributed by atoms with Gasteiger partial charge in [-0.15, -0.1) is 0 Å². The Labute approximate surface area is 328 Å². The lowest BCUT2D eigenvalue weighted by Gasteiger charge is -2.41. The normalized spacial score (nSPS) is 21.2. The Kier molecular flexibility index (Phi) is 32.0. The molecule has 0 aliphatic carbocycles. The highest BCUT2D eigenvalue weighted by atomic mass is 32.3. The molecule has 0 saturated carbocycles. The Morgan fingerprint density at radius 3 is 1.67 bits per heavy atom. The van der Waals surface area contributed by atoms with Crippen LogP contribution in [0.2, 0.25) is 0 Å². The number of carbonyl (C=O) groups is 1. The van der Waals surface area contributed by atoms with E-state index in [0.29, 0.717) is 13.0 Å². The number of carbonyl (C=O) groups excluding carboxylic acids is 1. The molecule has 13 heteroatoms. The summed E-state index contributed by atoms with van der Waals surface area (Å²) in [6.07, 6.45) is 25.3. The van der Waals surface area contributed by atoms with Crippen LogP contribution in [0.15, 0.2) is 12.2 Å². The van der Waals surface area contributed by atoms with E-state index in [9.17, 15) is 28.5 Å². The molecule has 1 fully saturated rings. The lowest BCUT2D eigenvalue weighted by Crippen LogP contribution is -2.60. The highest BCUT2D eigenvalue weighted by Gasteiger charge is 2.48. The second kappa shape index (κ2) is 33.9. The summed E-state index contributed by atoms with van der Waals surface area (Å²) in [6, 6.07) is 0. The molecular weight excluding hydrogens is 717 g/mol. The van der Waals surface area contributed by atoms with Crippen molar-refractivity contribution in [3.05, 3.63) is 12.2 Å². The van der Waals surface area contributed by atoms with E-state index in [1.165, 1.54) is 96.3 Å². The van der Waals surface area contributed by atoms with Gasteiger partial charge in [-0.1, -0.05) is 148 Å². The van der Waals surface area contributed by atoms with Crippen LogP contribution in [0.5, 0.6) is 0 Å². The summed E-state index contributed by atoms with van der Waals surface area (Å²) in [5.74, 6) is -0.406. The van der Waals surface area contributed by atoms with Crippen molar-refractivity contribution in [1.29, 1.82) is 0 Å². The molecule has 1 aliphatic rings. The van der Waals surface area contributed by atoms with Gasteiger partial charge in [0.05, 0.1) is 19.8 Å². The van der Waals surface area contributed by atoms with Gasteiger partial charge < -0.3 is 34.3 Å². The topological polar surface area (TPSA) is 178 Å². The second-order valence-electron chi connectivity index (χ2n) is 14.9. The standard InChI is InChI=1S/C41H78O12S/c1-3-5-7-9-11-13-15-17-18-20-22-24-26-28-30-37(43)51-35(33-49-31-29-27-25-23-21-19-16-14-12-10-8-6-4-2)34-50-41-39(45)40(53-54(46,47)48)38(44)36(32-42)52-41/h15,17,35-36,38-42,44-45H,3-14,16,18-34H2,1-2H3,(H,46,47,48)/b17-15-. The van der Waals surface area contributed by atoms with Crippen molar-refractivity contribution < 1.29 is 56.2 Å². The Morgan fingerprint density at radius 2 is 1.17 bits per heavy atom. The first-order valence-corrected chi connectivity index (χ1v) is 22.8. The smallest absolute Gasteiger partial charge is 0.397 e. The van der Waals surface area contributed by atoms with E-state index >= 15 is 0 Å². The third-order valence-electron chi connectivity index (χ3n) is 9.89. The summed E-state index contributed by atoms with van der Waals surface area (Å²) < 4.78 is 58.9. The van der Waals surface area contributed by atoms with Crippen LogP contribution < -0.4 is 0 Å². The maximum absolute atomic E-state index is 12.8. The lowest BCUT2D eigenvalue weighted by molar-refractivity contribution is -0.301. The zero-order valence-corrected chi connectivity index (χ0v) is 34.6. The molecule has 0 bridgehead atoms. The number of hydrogen-bond acceptors (Lipinski definition) is 11. The number of rotatable bonds is 37. The molecule has 4 N–H and O–H groups in total. The minimum absolute atomic E-state index is 0.0378. The van der Waals surface area contributed by atoms with Gasteiger partial charge in [-0.25, -0.2) is 4.18 Å². The molecule has 320 valence electrons. The fraction of sp³-hybridized carbons (Fsp3) is 0.927. The van der Waals surface area contributed by atoms with Gasteiger partial charge in [0.1, 0.15) is 30.5 Å². The van der Waals surface area contributed by atoms with Crippen molar-refractivity contribution in [2.75, 3.05) is 26.4 Å². The van der Waals surface area contributed by atoms with Crippen molar-refractivity contribution >= 4 is 16.4 Å². The predicted molar refractivity (Wildman–Crippen MR) is 211 cm³/mol. The first kappa shape index (κ1) is 50.9.